The average Bonchev–Trinajstić information content (AvgIpc) is 3.37. The van der Waals surface area contributed by atoms with Gasteiger partial charge in [-0.05, 0) is 50.6 Å². The smallest absolute Gasteiger partial charge is 0.262 e. The number of anilines is 1. The maximum atomic E-state index is 12.4. The zero-order valence-corrected chi connectivity index (χ0v) is 18.0. The molecule has 0 unspecified atom stereocenters. The predicted octanol–water partition coefficient (Wildman–Crippen LogP) is 4.09. The van der Waals surface area contributed by atoms with Gasteiger partial charge in [0.05, 0.1) is 11.4 Å². The Bertz CT molecular complexity index is 1330. The predicted molar refractivity (Wildman–Crippen MR) is 120 cm³/mol. The van der Waals surface area contributed by atoms with Gasteiger partial charge in [0.15, 0.2) is 23.8 Å². The number of aromatic nitrogens is 3. The molecule has 5 rings (SSSR count). The summed E-state index contributed by atoms with van der Waals surface area (Å²) in [5, 5.41) is 8.44. The first kappa shape index (κ1) is 19.9. The Morgan fingerprint density at radius 1 is 1.06 bits per heavy atom. The Hall–Kier alpha value is -4.07. The van der Waals surface area contributed by atoms with Crippen LogP contribution in [0.2, 0.25) is 0 Å². The van der Waals surface area contributed by atoms with E-state index in [0.29, 0.717) is 28.7 Å². The van der Waals surface area contributed by atoms with Gasteiger partial charge in [-0.2, -0.15) is 10.1 Å². The summed E-state index contributed by atoms with van der Waals surface area (Å²) < 4.78 is 18.1. The number of carbonyl (C=O) groups is 1. The van der Waals surface area contributed by atoms with Crippen LogP contribution >= 0.6 is 0 Å². The zero-order chi connectivity index (χ0) is 22.2. The van der Waals surface area contributed by atoms with Crippen molar-refractivity contribution in [2.24, 2.45) is 0 Å². The summed E-state index contributed by atoms with van der Waals surface area (Å²) in [6.07, 6.45) is 0. The molecule has 0 radical (unpaired) electrons. The van der Waals surface area contributed by atoms with E-state index in [9.17, 15) is 4.79 Å². The van der Waals surface area contributed by atoms with Crippen LogP contribution in [0.5, 0.6) is 17.4 Å². The molecule has 8 nitrogen and oxygen atoms in total. The highest BCUT2D eigenvalue weighted by atomic mass is 16.7. The van der Waals surface area contributed by atoms with Crippen molar-refractivity contribution < 1.29 is 19.0 Å². The summed E-state index contributed by atoms with van der Waals surface area (Å²) >= 11 is 0. The third-order valence-corrected chi connectivity index (χ3v) is 5.27. The molecule has 8 heteroatoms. The van der Waals surface area contributed by atoms with Crippen LogP contribution in [0.25, 0.3) is 16.7 Å². The van der Waals surface area contributed by atoms with E-state index in [2.05, 4.69) is 15.4 Å². The van der Waals surface area contributed by atoms with Crippen molar-refractivity contribution in [3.05, 3.63) is 65.4 Å². The van der Waals surface area contributed by atoms with Gasteiger partial charge in [-0.3, -0.25) is 4.79 Å². The second-order valence-corrected chi connectivity index (χ2v) is 7.71. The number of amides is 1. The number of nitrogens with zero attached hydrogens (tertiary/aromatic N) is 3. The van der Waals surface area contributed by atoms with Crippen LogP contribution in [0.4, 0.5) is 5.69 Å². The molecule has 0 spiro atoms. The number of aryl methyl sites for hydroxylation is 3. The molecule has 1 amide bonds. The molecule has 0 aliphatic carbocycles. The van der Waals surface area contributed by atoms with Gasteiger partial charge in [0.1, 0.15) is 0 Å². The van der Waals surface area contributed by atoms with E-state index >= 15 is 0 Å². The molecule has 0 fully saturated rings. The number of ether oxygens (including phenoxy) is 3. The lowest BCUT2D eigenvalue weighted by molar-refractivity contribution is -0.118. The van der Waals surface area contributed by atoms with E-state index in [4.69, 9.17) is 14.2 Å². The quantitative estimate of drug-likeness (QED) is 0.513. The SMILES string of the molecule is Cc1ccc(-n2nc(C)c3c(C)cc(OCC(=O)Nc4ccc5c(c4)OCO5)nc32)cc1. The molecule has 162 valence electrons. The number of rotatable bonds is 5. The molecule has 2 aromatic heterocycles. The van der Waals surface area contributed by atoms with Crippen LogP contribution in [-0.2, 0) is 4.79 Å². The van der Waals surface area contributed by atoms with Gasteiger partial charge in [-0.25, -0.2) is 4.68 Å². The molecule has 3 heterocycles. The second kappa shape index (κ2) is 7.88. The Balaban J connectivity index is 1.35. The summed E-state index contributed by atoms with van der Waals surface area (Å²) in [6, 6.07) is 15.1. The highest BCUT2D eigenvalue weighted by Crippen LogP contribution is 2.34. The van der Waals surface area contributed by atoms with Crippen molar-refractivity contribution >= 4 is 22.6 Å². The monoisotopic (exact) mass is 430 g/mol. The minimum absolute atomic E-state index is 0.177. The lowest BCUT2D eigenvalue weighted by Gasteiger charge is -2.09. The average molecular weight is 430 g/mol. The van der Waals surface area contributed by atoms with Crippen molar-refractivity contribution in [2.45, 2.75) is 20.8 Å². The number of carbonyl (C=O) groups excluding carboxylic acids is 1. The molecule has 2 aromatic carbocycles. The van der Waals surface area contributed by atoms with E-state index in [1.807, 2.05) is 51.1 Å². The van der Waals surface area contributed by atoms with Gasteiger partial charge in [-0.1, -0.05) is 17.7 Å². The van der Waals surface area contributed by atoms with Crippen molar-refractivity contribution in [1.82, 2.24) is 14.8 Å². The Morgan fingerprint density at radius 3 is 2.66 bits per heavy atom. The third-order valence-electron chi connectivity index (χ3n) is 5.27. The maximum absolute atomic E-state index is 12.4. The fourth-order valence-electron chi connectivity index (χ4n) is 3.72. The summed E-state index contributed by atoms with van der Waals surface area (Å²) in [7, 11) is 0. The lowest BCUT2D eigenvalue weighted by Crippen LogP contribution is -2.20. The van der Waals surface area contributed by atoms with Crippen molar-refractivity contribution in [2.75, 3.05) is 18.7 Å². The van der Waals surface area contributed by atoms with Crippen LogP contribution in [-0.4, -0.2) is 34.1 Å². The lowest BCUT2D eigenvalue weighted by atomic mass is 10.1. The molecular weight excluding hydrogens is 408 g/mol. The number of hydrogen-bond donors (Lipinski definition) is 1. The number of pyridine rings is 1. The fraction of sp³-hybridized carbons (Fsp3) is 0.208. The van der Waals surface area contributed by atoms with Crippen LogP contribution < -0.4 is 19.5 Å². The van der Waals surface area contributed by atoms with Gasteiger partial charge >= 0.3 is 0 Å². The third kappa shape index (κ3) is 3.71. The van der Waals surface area contributed by atoms with E-state index in [0.717, 1.165) is 22.3 Å². The molecule has 1 N–H and O–H groups in total. The topological polar surface area (TPSA) is 87.5 Å². The molecule has 4 aromatic rings. The largest absolute Gasteiger partial charge is 0.467 e. The number of benzene rings is 2. The minimum Gasteiger partial charge on any atom is -0.467 e. The van der Waals surface area contributed by atoms with E-state index < -0.39 is 0 Å². The minimum atomic E-state index is -0.299. The molecule has 0 atom stereocenters. The maximum Gasteiger partial charge on any atom is 0.262 e. The molecule has 32 heavy (non-hydrogen) atoms. The second-order valence-electron chi connectivity index (χ2n) is 7.71. The first-order chi connectivity index (χ1) is 15.5. The number of fused-ring (bicyclic) bond motifs is 2. The van der Waals surface area contributed by atoms with Gasteiger partial charge in [-0.15, -0.1) is 0 Å². The Morgan fingerprint density at radius 2 is 1.84 bits per heavy atom. The number of nitrogens with one attached hydrogen (secondary N) is 1. The molecule has 0 saturated carbocycles. The van der Waals surface area contributed by atoms with Gasteiger partial charge in [0.25, 0.3) is 5.91 Å². The molecule has 1 aliphatic heterocycles. The van der Waals surface area contributed by atoms with E-state index in [1.54, 1.807) is 22.9 Å². The van der Waals surface area contributed by atoms with E-state index in [-0.39, 0.29) is 19.3 Å². The molecule has 0 bridgehead atoms. The van der Waals surface area contributed by atoms with Crippen LogP contribution in [0, 0.1) is 20.8 Å². The van der Waals surface area contributed by atoms with Crippen LogP contribution in [0.3, 0.4) is 0 Å². The van der Waals surface area contributed by atoms with Crippen molar-refractivity contribution in [1.29, 1.82) is 0 Å². The summed E-state index contributed by atoms with van der Waals surface area (Å²) in [5.74, 6) is 1.33. The van der Waals surface area contributed by atoms with E-state index in [1.165, 1.54) is 5.56 Å². The molecule has 1 aliphatic rings. The summed E-state index contributed by atoms with van der Waals surface area (Å²) in [6.45, 7) is 5.99. The fourth-order valence-corrected chi connectivity index (χ4v) is 3.72. The zero-order valence-electron chi connectivity index (χ0n) is 18.0. The van der Waals surface area contributed by atoms with Gasteiger partial charge in [0, 0.05) is 23.2 Å². The Labute approximate surface area is 184 Å². The van der Waals surface area contributed by atoms with Crippen molar-refractivity contribution in [3.63, 3.8) is 0 Å². The highest BCUT2D eigenvalue weighted by molar-refractivity contribution is 5.92. The standard InChI is InChI=1S/C24H22N4O4/c1-14-4-7-18(8-5-14)28-24-23(16(3)27-28)15(2)10-22(26-24)30-12-21(29)25-17-6-9-19-20(11-17)32-13-31-19/h4-11H,12-13H2,1-3H3,(H,25,29). The number of hydrogen-bond acceptors (Lipinski definition) is 6. The first-order valence-corrected chi connectivity index (χ1v) is 10.2. The van der Waals surface area contributed by atoms with Crippen LogP contribution in [0.15, 0.2) is 48.5 Å². The first-order valence-electron chi connectivity index (χ1n) is 10.2. The normalized spacial score (nSPS) is 12.2. The molecular formula is C24H22N4O4. The highest BCUT2D eigenvalue weighted by Gasteiger charge is 2.17. The Kier molecular flexibility index (Phi) is 4.89. The van der Waals surface area contributed by atoms with Crippen LogP contribution in [0.1, 0.15) is 16.8 Å². The summed E-state index contributed by atoms with van der Waals surface area (Å²) in [5.41, 5.74) is 5.25. The van der Waals surface area contributed by atoms with Gasteiger partial charge < -0.3 is 19.5 Å². The van der Waals surface area contributed by atoms with Crippen molar-refractivity contribution in [3.8, 4) is 23.1 Å². The van der Waals surface area contributed by atoms with Gasteiger partial charge in [0.2, 0.25) is 12.7 Å². The summed E-state index contributed by atoms with van der Waals surface area (Å²) in [4.78, 5) is 17.0. The molecule has 0 saturated heterocycles.